The number of carbonyl (C=O) groups excluding carboxylic acids is 1. The van der Waals surface area contributed by atoms with Gasteiger partial charge in [0.2, 0.25) is 0 Å². The molecule has 0 aliphatic rings. The predicted octanol–water partition coefficient (Wildman–Crippen LogP) is 4.41. The molecule has 2 rings (SSSR count). The third-order valence-corrected chi connectivity index (χ3v) is 5.03. The Morgan fingerprint density at radius 1 is 1.04 bits per heavy atom. The van der Waals surface area contributed by atoms with Gasteiger partial charge >= 0.3 is 6.03 Å². The molecular weight excluding hydrogens is 352 g/mol. The molecule has 0 saturated heterocycles. The first-order chi connectivity index (χ1) is 13.2. The number of para-hydroxylation sites is 1. The number of hydrogen-bond donors (Lipinski definition) is 1. The molecule has 1 heterocycles. The van der Waals surface area contributed by atoms with E-state index in [1.807, 2.05) is 49.2 Å². The van der Waals surface area contributed by atoms with E-state index >= 15 is 0 Å². The number of benzene rings is 1. The highest BCUT2D eigenvalue weighted by Crippen LogP contribution is 2.15. The van der Waals surface area contributed by atoms with Gasteiger partial charge in [-0.1, -0.05) is 45.9 Å². The number of aromatic nitrogens is 2. The van der Waals surface area contributed by atoms with E-state index in [0.29, 0.717) is 30.6 Å². The van der Waals surface area contributed by atoms with E-state index in [9.17, 15) is 9.59 Å². The molecule has 0 fully saturated rings. The van der Waals surface area contributed by atoms with Crippen molar-refractivity contribution in [2.75, 3.05) is 18.4 Å². The molecule has 0 saturated carbocycles. The normalized spacial score (nSPS) is 11.3. The van der Waals surface area contributed by atoms with Crippen LogP contribution in [0.1, 0.15) is 46.2 Å². The molecule has 1 N–H and O–H groups in total. The van der Waals surface area contributed by atoms with Crippen molar-refractivity contribution in [1.82, 2.24) is 14.3 Å². The van der Waals surface area contributed by atoms with Gasteiger partial charge in [-0.3, -0.25) is 9.48 Å². The van der Waals surface area contributed by atoms with Gasteiger partial charge in [0.25, 0.3) is 5.56 Å². The summed E-state index contributed by atoms with van der Waals surface area (Å²) in [6.07, 6.45) is 1.88. The molecule has 1 aromatic heterocycles. The maximum atomic E-state index is 13.0. The zero-order valence-electron chi connectivity index (χ0n) is 18.0. The lowest BCUT2D eigenvalue weighted by molar-refractivity contribution is 0.205. The van der Waals surface area contributed by atoms with Crippen LogP contribution in [0.3, 0.4) is 0 Å². The van der Waals surface area contributed by atoms with E-state index in [-0.39, 0.29) is 11.6 Å². The van der Waals surface area contributed by atoms with Crippen molar-refractivity contribution >= 4 is 11.7 Å². The van der Waals surface area contributed by atoms with Crippen molar-refractivity contribution in [3.8, 4) is 5.69 Å². The summed E-state index contributed by atoms with van der Waals surface area (Å²) in [6, 6.07) is 9.25. The van der Waals surface area contributed by atoms with Gasteiger partial charge in [0, 0.05) is 20.1 Å². The Bertz CT molecular complexity index is 822. The quantitative estimate of drug-likeness (QED) is 0.730. The maximum Gasteiger partial charge on any atom is 0.322 e. The molecule has 0 spiro atoms. The fourth-order valence-electron chi connectivity index (χ4n) is 3.04. The Kier molecular flexibility index (Phi) is 7.49. The summed E-state index contributed by atoms with van der Waals surface area (Å²) < 4.78 is 3.36. The minimum atomic E-state index is -0.216. The summed E-state index contributed by atoms with van der Waals surface area (Å²) in [4.78, 5) is 27.8. The van der Waals surface area contributed by atoms with Gasteiger partial charge in [-0.05, 0) is 43.7 Å². The Hall–Kier alpha value is -2.50. The van der Waals surface area contributed by atoms with Gasteiger partial charge < -0.3 is 10.2 Å². The van der Waals surface area contributed by atoms with Gasteiger partial charge in [-0.15, -0.1) is 0 Å². The molecule has 2 amide bonds. The Labute approximate surface area is 168 Å². The van der Waals surface area contributed by atoms with Crippen LogP contribution in [0.4, 0.5) is 10.5 Å². The van der Waals surface area contributed by atoms with E-state index in [1.54, 1.807) is 9.36 Å². The van der Waals surface area contributed by atoms with E-state index in [0.717, 1.165) is 24.2 Å². The number of amides is 2. The monoisotopic (exact) mass is 386 g/mol. The molecule has 154 valence electrons. The van der Waals surface area contributed by atoms with Crippen LogP contribution in [-0.2, 0) is 7.05 Å². The summed E-state index contributed by atoms with van der Waals surface area (Å²) in [7, 11) is 1.83. The highest BCUT2D eigenvalue weighted by atomic mass is 16.2. The van der Waals surface area contributed by atoms with E-state index in [2.05, 4.69) is 33.0 Å². The average molecular weight is 387 g/mol. The first-order valence-corrected chi connectivity index (χ1v) is 10.1. The van der Waals surface area contributed by atoms with Crippen LogP contribution in [0, 0.1) is 18.8 Å². The maximum absolute atomic E-state index is 13.0. The van der Waals surface area contributed by atoms with Crippen LogP contribution < -0.4 is 10.9 Å². The van der Waals surface area contributed by atoms with Gasteiger partial charge in [0.1, 0.15) is 5.69 Å². The van der Waals surface area contributed by atoms with E-state index in [1.165, 1.54) is 0 Å². The van der Waals surface area contributed by atoms with Crippen molar-refractivity contribution in [3.05, 3.63) is 46.4 Å². The highest BCUT2D eigenvalue weighted by molar-refractivity contribution is 5.89. The predicted molar refractivity (Wildman–Crippen MR) is 115 cm³/mol. The summed E-state index contributed by atoms with van der Waals surface area (Å²) in [6.45, 7) is 11.8. The summed E-state index contributed by atoms with van der Waals surface area (Å²) >= 11 is 0. The average Bonchev–Trinajstić information content (AvgIpc) is 2.85. The minimum absolute atomic E-state index is 0.202. The number of rotatable bonds is 8. The molecule has 28 heavy (non-hydrogen) atoms. The van der Waals surface area contributed by atoms with Crippen molar-refractivity contribution in [1.29, 1.82) is 0 Å². The molecule has 0 unspecified atom stereocenters. The zero-order chi connectivity index (χ0) is 20.8. The van der Waals surface area contributed by atoms with Gasteiger partial charge in [-0.25, -0.2) is 9.48 Å². The van der Waals surface area contributed by atoms with E-state index < -0.39 is 0 Å². The van der Waals surface area contributed by atoms with Gasteiger partial charge in [0.05, 0.1) is 11.4 Å². The fourth-order valence-corrected chi connectivity index (χ4v) is 3.04. The molecule has 6 heteroatoms. The largest absolute Gasteiger partial charge is 0.325 e. The Balaban J connectivity index is 2.27. The lowest BCUT2D eigenvalue weighted by Crippen LogP contribution is -2.38. The van der Waals surface area contributed by atoms with Crippen LogP contribution in [-0.4, -0.2) is 33.4 Å². The minimum Gasteiger partial charge on any atom is -0.325 e. The summed E-state index contributed by atoms with van der Waals surface area (Å²) in [5.41, 5.74) is 1.63. The van der Waals surface area contributed by atoms with Crippen molar-refractivity contribution in [2.45, 2.75) is 47.5 Å². The summed E-state index contributed by atoms with van der Waals surface area (Å²) in [5, 5.41) is 2.89. The summed E-state index contributed by atoms with van der Waals surface area (Å²) in [5.74, 6) is 1.03. The van der Waals surface area contributed by atoms with Gasteiger partial charge in [-0.2, -0.15) is 0 Å². The van der Waals surface area contributed by atoms with Crippen molar-refractivity contribution < 1.29 is 4.79 Å². The SMILES string of the molecule is Cc1c(NC(=O)N(CCC(C)C)CCC(C)C)c(=O)n(-c2ccccc2)n1C. The van der Waals surface area contributed by atoms with Gasteiger partial charge in [0.15, 0.2) is 0 Å². The lowest BCUT2D eigenvalue weighted by Gasteiger charge is -2.24. The smallest absolute Gasteiger partial charge is 0.322 e. The van der Waals surface area contributed by atoms with Crippen molar-refractivity contribution in [2.24, 2.45) is 18.9 Å². The van der Waals surface area contributed by atoms with E-state index in [4.69, 9.17) is 0 Å². The number of hydrogen-bond acceptors (Lipinski definition) is 2. The lowest BCUT2D eigenvalue weighted by atomic mass is 10.1. The van der Waals surface area contributed by atoms with Crippen LogP contribution in [0.2, 0.25) is 0 Å². The number of nitrogens with zero attached hydrogens (tertiary/aromatic N) is 3. The van der Waals surface area contributed by atoms with Crippen molar-refractivity contribution in [3.63, 3.8) is 0 Å². The molecule has 0 radical (unpaired) electrons. The second-order valence-electron chi connectivity index (χ2n) is 8.22. The second-order valence-corrected chi connectivity index (χ2v) is 8.22. The Morgan fingerprint density at radius 2 is 1.57 bits per heavy atom. The molecule has 0 atom stereocenters. The number of nitrogens with one attached hydrogen (secondary N) is 1. The topological polar surface area (TPSA) is 59.3 Å². The second kappa shape index (κ2) is 9.62. The van der Waals surface area contributed by atoms with Crippen LogP contribution >= 0.6 is 0 Å². The third-order valence-electron chi connectivity index (χ3n) is 5.03. The molecule has 1 aromatic carbocycles. The molecule has 6 nitrogen and oxygen atoms in total. The van der Waals surface area contributed by atoms with Crippen LogP contribution in [0.25, 0.3) is 5.69 Å². The number of urea groups is 1. The number of carbonyl (C=O) groups is 1. The zero-order valence-corrected chi connectivity index (χ0v) is 18.0. The molecule has 0 aliphatic carbocycles. The standard InChI is InChI=1S/C22H34N4O2/c1-16(2)12-14-25(15-13-17(3)4)22(28)23-20-18(5)24(6)26(21(20)27)19-10-8-7-9-11-19/h7-11,16-17H,12-15H2,1-6H3,(H,23,28). The molecule has 0 aliphatic heterocycles. The van der Waals surface area contributed by atoms with Crippen LogP contribution in [0.15, 0.2) is 35.1 Å². The Morgan fingerprint density at radius 3 is 2.07 bits per heavy atom. The highest BCUT2D eigenvalue weighted by Gasteiger charge is 2.21. The third kappa shape index (κ3) is 5.27. The van der Waals surface area contributed by atoms with Crippen LogP contribution in [0.5, 0.6) is 0 Å². The fraction of sp³-hybridized carbons (Fsp3) is 0.545. The molecule has 0 bridgehead atoms. The first-order valence-electron chi connectivity index (χ1n) is 10.1. The molecule has 2 aromatic rings. The molecular formula is C22H34N4O2. The number of anilines is 1. The first kappa shape index (κ1) is 21.8.